The minimum atomic E-state index is -0.426. The molecular formula is C15H25ClN4O2. The number of halogens is 1. The molecule has 0 bridgehead atoms. The molecule has 1 aromatic heterocycles. The van der Waals surface area contributed by atoms with Crippen LogP contribution in [0, 0.1) is 0 Å². The number of carbonyl (C=O) groups is 1. The fourth-order valence-electron chi connectivity index (χ4n) is 3.33. The minimum absolute atomic E-state index is 0. The van der Waals surface area contributed by atoms with Crippen LogP contribution in [0.3, 0.4) is 0 Å². The van der Waals surface area contributed by atoms with Gasteiger partial charge in [0.2, 0.25) is 5.91 Å². The van der Waals surface area contributed by atoms with Crippen LogP contribution >= 0.6 is 12.4 Å². The van der Waals surface area contributed by atoms with Crippen molar-refractivity contribution in [3.63, 3.8) is 0 Å². The number of rotatable bonds is 3. The van der Waals surface area contributed by atoms with Gasteiger partial charge in [-0.15, -0.1) is 12.4 Å². The van der Waals surface area contributed by atoms with Gasteiger partial charge in [-0.25, -0.2) is 0 Å². The summed E-state index contributed by atoms with van der Waals surface area (Å²) in [5.41, 5.74) is 1.09. The molecule has 22 heavy (non-hydrogen) atoms. The van der Waals surface area contributed by atoms with Crippen molar-refractivity contribution in [2.24, 2.45) is 7.05 Å². The van der Waals surface area contributed by atoms with Crippen LogP contribution in [-0.4, -0.2) is 39.5 Å². The molecule has 1 aromatic rings. The first-order chi connectivity index (χ1) is 10.1. The molecule has 1 aliphatic carbocycles. The summed E-state index contributed by atoms with van der Waals surface area (Å²) in [6, 6.07) is 1.69. The number of nitrogens with zero attached hydrogens (tertiary/aromatic N) is 2. The molecule has 2 heterocycles. The normalized spacial score (nSPS) is 25.7. The molecule has 0 spiro atoms. The van der Waals surface area contributed by atoms with Gasteiger partial charge in [-0.1, -0.05) is 19.3 Å². The number of β-amino-alcohol motifs (C(OH)–C–C–N with tert-alkyl or cyclic N) is 1. The summed E-state index contributed by atoms with van der Waals surface area (Å²) >= 11 is 0. The molecule has 1 saturated heterocycles. The molecule has 7 heteroatoms. The largest absolute Gasteiger partial charge is 0.392 e. The average Bonchev–Trinajstić information content (AvgIpc) is 3.07. The van der Waals surface area contributed by atoms with Gasteiger partial charge < -0.3 is 15.7 Å². The van der Waals surface area contributed by atoms with Crippen LogP contribution in [0.1, 0.15) is 50.1 Å². The van der Waals surface area contributed by atoms with E-state index in [1.807, 2.05) is 13.1 Å². The lowest BCUT2D eigenvalue weighted by Gasteiger charge is -2.19. The van der Waals surface area contributed by atoms with Gasteiger partial charge in [-0.3, -0.25) is 9.48 Å². The first-order valence-electron chi connectivity index (χ1n) is 7.89. The highest BCUT2D eigenvalue weighted by Gasteiger charge is 2.29. The number of anilines is 1. The summed E-state index contributed by atoms with van der Waals surface area (Å²) in [5.74, 6) is 1.18. The molecular weight excluding hydrogens is 304 g/mol. The van der Waals surface area contributed by atoms with Gasteiger partial charge in [-0.2, -0.15) is 5.10 Å². The summed E-state index contributed by atoms with van der Waals surface area (Å²) in [5, 5.41) is 20.0. The van der Waals surface area contributed by atoms with Crippen molar-refractivity contribution in [1.82, 2.24) is 15.1 Å². The molecule has 3 N–H and O–H groups in total. The lowest BCUT2D eigenvalue weighted by atomic mass is 9.87. The van der Waals surface area contributed by atoms with Crippen molar-refractivity contribution < 1.29 is 9.90 Å². The van der Waals surface area contributed by atoms with E-state index in [0.717, 1.165) is 11.5 Å². The lowest BCUT2D eigenvalue weighted by Crippen LogP contribution is -2.35. The third-order valence-electron chi connectivity index (χ3n) is 4.60. The number of aromatic nitrogens is 2. The standard InChI is InChI=1S/C15H24N4O2.ClH/c1-19-14(17-15(21)13-7-11(20)9-16-13)8-12(18-19)10-5-3-2-4-6-10;/h8,10-11,13,16,20H,2-7,9H2,1H3,(H,17,21);1H. The van der Waals surface area contributed by atoms with Gasteiger partial charge in [0.25, 0.3) is 0 Å². The molecule has 124 valence electrons. The molecule has 1 aliphatic heterocycles. The first kappa shape index (κ1) is 17.2. The van der Waals surface area contributed by atoms with Crippen LogP contribution in [0.4, 0.5) is 5.82 Å². The third-order valence-corrected chi connectivity index (χ3v) is 4.60. The molecule has 0 aromatic carbocycles. The van der Waals surface area contributed by atoms with Crippen molar-refractivity contribution in [3.05, 3.63) is 11.8 Å². The van der Waals surface area contributed by atoms with E-state index >= 15 is 0 Å². The van der Waals surface area contributed by atoms with E-state index in [2.05, 4.69) is 15.7 Å². The monoisotopic (exact) mass is 328 g/mol. The summed E-state index contributed by atoms with van der Waals surface area (Å²) in [4.78, 5) is 12.2. The van der Waals surface area contributed by atoms with Crippen LogP contribution in [0.15, 0.2) is 6.07 Å². The zero-order chi connectivity index (χ0) is 14.8. The maximum atomic E-state index is 12.2. The maximum absolute atomic E-state index is 12.2. The lowest BCUT2D eigenvalue weighted by molar-refractivity contribution is -0.118. The zero-order valence-electron chi connectivity index (χ0n) is 12.9. The van der Waals surface area contributed by atoms with E-state index < -0.39 is 6.10 Å². The first-order valence-corrected chi connectivity index (χ1v) is 7.89. The second kappa shape index (κ2) is 7.44. The van der Waals surface area contributed by atoms with Crippen LogP contribution < -0.4 is 10.6 Å². The van der Waals surface area contributed by atoms with E-state index in [-0.39, 0.29) is 24.4 Å². The number of nitrogens with one attached hydrogen (secondary N) is 2. The summed E-state index contributed by atoms with van der Waals surface area (Å²) in [7, 11) is 1.86. The van der Waals surface area contributed by atoms with Crippen LogP contribution in [-0.2, 0) is 11.8 Å². The van der Waals surface area contributed by atoms with Gasteiger partial charge in [-0.05, 0) is 19.3 Å². The molecule has 2 aliphatic rings. The van der Waals surface area contributed by atoms with Crippen molar-refractivity contribution in [2.75, 3.05) is 11.9 Å². The number of carbonyl (C=O) groups excluding carboxylic acids is 1. The molecule has 2 atom stereocenters. The Hall–Kier alpha value is -1.11. The molecule has 1 amide bonds. The minimum Gasteiger partial charge on any atom is -0.392 e. The SMILES string of the molecule is Cl.Cn1nc(C2CCCCC2)cc1NC(=O)C1CC(O)CN1. The number of aryl methyl sites for hydroxylation is 1. The maximum Gasteiger partial charge on any atom is 0.242 e. The smallest absolute Gasteiger partial charge is 0.242 e. The molecule has 2 unspecified atom stereocenters. The van der Waals surface area contributed by atoms with E-state index in [4.69, 9.17) is 0 Å². The molecule has 6 nitrogen and oxygen atoms in total. The van der Waals surface area contributed by atoms with Gasteiger partial charge in [0.1, 0.15) is 5.82 Å². The summed E-state index contributed by atoms with van der Waals surface area (Å²) in [6.45, 7) is 0.483. The third kappa shape index (κ3) is 3.80. The molecule has 2 fully saturated rings. The Balaban J connectivity index is 0.00000176. The van der Waals surface area contributed by atoms with Crippen molar-refractivity contribution >= 4 is 24.1 Å². The molecule has 3 rings (SSSR count). The quantitative estimate of drug-likeness (QED) is 0.786. The Morgan fingerprint density at radius 3 is 2.77 bits per heavy atom. The van der Waals surface area contributed by atoms with E-state index in [0.29, 0.717) is 18.9 Å². The highest BCUT2D eigenvalue weighted by Crippen LogP contribution is 2.32. The fraction of sp³-hybridized carbons (Fsp3) is 0.733. The Morgan fingerprint density at radius 2 is 2.14 bits per heavy atom. The second-order valence-corrected chi connectivity index (χ2v) is 6.25. The second-order valence-electron chi connectivity index (χ2n) is 6.25. The number of aliphatic hydroxyl groups excluding tert-OH is 1. The fourth-order valence-corrected chi connectivity index (χ4v) is 3.33. The van der Waals surface area contributed by atoms with Gasteiger partial charge in [0.15, 0.2) is 0 Å². The van der Waals surface area contributed by atoms with E-state index in [1.165, 1.54) is 32.1 Å². The topological polar surface area (TPSA) is 79.2 Å². The van der Waals surface area contributed by atoms with E-state index in [9.17, 15) is 9.90 Å². The molecule has 1 saturated carbocycles. The highest BCUT2D eigenvalue weighted by molar-refractivity contribution is 5.94. The highest BCUT2D eigenvalue weighted by atomic mass is 35.5. The number of hydrogen-bond acceptors (Lipinski definition) is 4. The van der Waals surface area contributed by atoms with Crippen molar-refractivity contribution in [3.8, 4) is 0 Å². The summed E-state index contributed by atoms with van der Waals surface area (Å²) < 4.78 is 1.74. The van der Waals surface area contributed by atoms with Crippen LogP contribution in [0.25, 0.3) is 0 Å². The number of hydrogen-bond donors (Lipinski definition) is 3. The van der Waals surface area contributed by atoms with Crippen molar-refractivity contribution in [2.45, 2.75) is 56.6 Å². The van der Waals surface area contributed by atoms with Crippen LogP contribution in [0.2, 0.25) is 0 Å². The predicted octanol–water partition coefficient (Wildman–Crippen LogP) is 1.55. The Bertz CT molecular complexity index is 514. The van der Waals surface area contributed by atoms with Gasteiger partial charge in [0, 0.05) is 25.6 Å². The van der Waals surface area contributed by atoms with Gasteiger partial charge >= 0.3 is 0 Å². The Kier molecular flexibility index (Phi) is 5.83. The summed E-state index contributed by atoms with van der Waals surface area (Å²) in [6.07, 6.45) is 6.30. The average molecular weight is 329 g/mol. The Labute approximate surface area is 137 Å². The number of aliphatic hydroxyl groups is 1. The van der Waals surface area contributed by atoms with Gasteiger partial charge in [0.05, 0.1) is 17.8 Å². The molecule has 0 radical (unpaired) electrons. The van der Waals surface area contributed by atoms with Crippen LogP contribution in [0.5, 0.6) is 0 Å². The predicted molar refractivity (Wildman–Crippen MR) is 87.3 cm³/mol. The Morgan fingerprint density at radius 1 is 1.41 bits per heavy atom. The number of amides is 1. The zero-order valence-corrected chi connectivity index (χ0v) is 13.7. The van der Waals surface area contributed by atoms with E-state index in [1.54, 1.807) is 4.68 Å². The van der Waals surface area contributed by atoms with Crippen molar-refractivity contribution in [1.29, 1.82) is 0 Å².